The van der Waals surface area contributed by atoms with Crippen LogP contribution < -0.4 is 10.7 Å². The number of hydrogen-bond acceptors (Lipinski definition) is 4. The molecule has 4 aromatic rings. The minimum absolute atomic E-state index is 0.0743. The number of fused-ring (bicyclic) bond motifs is 1. The third-order valence-corrected chi connectivity index (χ3v) is 6.04. The van der Waals surface area contributed by atoms with Crippen molar-refractivity contribution in [3.05, 3.63) is 94.0 Å². The number of rotatable bonds is 6. The summed E-state index contributed by atoms with van der Waals surface area (Å²) in [6.45, 7) is 5.44. The molecule has 0 aliphatic heterocycles. The van der Waals surface area contributed by atoms with E-state index in [-0.39, 0.29) is 11.8 Å². The Hall–Kier alpha value is -3.74. The number of benzene rings is 3. The van der Waals surface area contributed by atoms with Gasteiger partial charge in [0, 0.05) is 32.6 Å². The van der Waals surface area contributed by atoms with Gasteiger partial charge < -0.3 is 5.32 Å². The molecule has 0 atom stereocenters. The standard InChI is InChI=1S/C28H24Cl2N4O2/c1-16(2)27(35)31-22-6-4-5-19(13-22)17(3)33-34-28(36)24-15-26(18-7-9-20(29)10-8-18)32-25-12-11-21(30)14-23(24)25/h4-16H,1-3H3,(H,31,35)(H,34,36)/b33-17-. The fourth-order valence-electron chi connectivity index (χ4n) is 3.52. The summed E-state index contributed by atoms with van der Waals surface area (Å²) in [6, 6.07) is 21.5. The van der Waals surface area contributed by atoms with E-state index >= 15 is 0 Å². The van der Waals surface area contributed by atoms with E-state index in [1.54, 1.807) is 49.4 Å². The van der Waals surface area contributed by atoms with Crippen molar-refractivity contribution in [2.45, 2.75) is 20.8 Å². The van der Waals surface area contributed by atoms with Crippen LogP contribution in [0.25, 0.3) is 22.2 Å². The second-order valence-corrected chi connectivity index (χ2v) is 9.46. The molecule has 3 aromatic carbocycles. The highest BCUT2D eigenvalue weighted by Gasteiger charge is 2.15. The van der Waals surface area contributed by atoms with Crippen LogP contribution in [0, 0.1) is 5.92 Å². The van der Waals surface area contributed by atoms with E-state index in [9.17, 15) is 9.59 Å². The van der Waals surface area contributed by atoms with Crippen molar-refractivity contribution in [2.24, 2.45) is 11.0 Å². The Kier molecular flexibility index (Phi) is 7.67. The van der Waals surface area contributed by atoms with Gasteiger partial charge in [0.25, 0.3) is 5.91 Å². The molecule has 0 fully saturated rings. The Bertz CT molecular complexity index is 1480. The Morgan fingerprint density at radius 2 is 1.64 bits per heavy atom. The Balaban J connectivity index is 1.64. The molecule has 0 saturated carbocycles. The Labute approximate surface area is 219 Å². The van der Waals surface area contributed by atoms with Crippen LogP contribution >= 0.6 is 23.2 Å². The Morgan fingerprint density at radius 1 is 0.917 bits per heavy atom. The van der Waals surface area contributed by atoms with Crippen molar-refractivity contribution in [3.63, 3.8) is 0 Å². The summed E-state index contributed by atoms with van der Waals surface area (Å²) < 4.78 is 0. The molecule has 0 aliphatic rings. The zero-order chi connectivity index (χ0) is 25.8. The lowest BCUT2D eigenvalue weighted by atomic mass is 10.0. The molecule has 0 saturated heterocycles. The van der Waals surface area contributed by atoms with Crippen molar-refractivity contribution in [3.8, 4) is 11.3 Å². The maximum atomic E-state index is 13.3. The molecule has 6 nitrogen and oxygen atoms in total. The molecule has 0 spiro atoms. The quantitative estimate of drug-likeness (QED) is 0.213. The molecule has 8 heteroatoms. The van der Waals surface area contributed by atoms with Crippen molar-refractivity contribution < 1.29 is 9.59 Å². The molecule has 1 aromatic heterocycles. The van der Waals surface area contributed by atoms with E-state index in [0.29, 0.717) is 43.6 Å². The topological polar surface area (TPSA) is 83.4 Å². The SMILES string of the molecule is C/C(=N/NC(=O)c1cc(-c2ccc(Cl)cc2)nc2ccc(Cl)cc12)c1cccc(NC(=O)C(C)C)c1. The van der Waals surface area contributed by atoms with Crippen LogP contribution in [0.3, 0.4) is 0 Å². The first-order chi connectivity index (χ1) is 17.2. The van der Waals surface area contributed by atoms with E-state index in [1.165, 1.54) is 0 Å². The van der Waals surface area contributed by atoms with Gasteiger partial charge in [0.1, 0.15) is 0 Å². The van der Waals surface area contributed by atoms with Crippen molar-refractivity contribution >= 4 is 57.3 Å². The molecular formula is C28H24Cl2N4O2. The molecule has 0 bridgehead atoms. The molecule has 0 radical (unpaired) electrons. The van der Waals surface area contributed by atoms with E-state index < -0.39 is 5.91 Å². The predicted octanol–water partition coefficient (Wildman–Crippen LogP) is 6.96. The van der Waals surface area contributed by atoms with Crippen LogP contribution in [0.4, 0.5) is 5.69 Å². The summed E-state index contributed by atoms with van der Waals surface area (Å²) in [6.07, 6.45) is 0. The second kappa shape index (κ2) is 10.9. The highest BCUT2D eigenvalue weighted by molar-refractivity contribution is 6.31. The average molecular weight is 519 g/mol. The molecule has 0 aliphatic carbocycles. The van der Waals surface area contributed by atoms with E-state index in [1.807, 2.05) is 44.2 Å². The minimum Gasteiger partial charge on any atom is -0.326 e. The molecule has 0 unspecified atom stereocenters. The Morgan fingerprint density at radius 3 is 2.36 bits per heavy atom. The van der Waals surface area contributed by atoms with Gasteiger partial charge in [-0.15, -0.1) is 0 Å². The number of amides is 2. The van der Waals surface area contributed by atoms with Crippen molar-refractivity contribution in [2.75, 3.05) is 5.32 Å². The molecular weight excluding hydrogens is 495 g/mol. The van der Waals surface area contributed by atoms with Gasteiger partial charge >= 0.3 is 0 Å². The normalized spacial score (nSPS) is 11.6. The third-order valence-electron chi connectivity index (χ3n) is 5.55. The van der Waals surface area contributed by atoms with Gasteiger partial charge in [-0.3, -0.25) is 9.59 Å². The first-order valence-corrected chi connectivity index (χ1v) is 12.1. The van der Waals surface area contributed by atoms with Crippen LogP contribution in [-0.2, 0) is 4.79 Å². The minimum atomic E-state index is -0.400. The predicted molar refractivity (Wildman–Crippen MR) is 147 cm³/mol. The highest BCUT2D eigenvalue weighted by Crippen LogP contribution is 2.28. The maximum Gasteiger partial charge on any atom is 0.272 e. The monoisotopic (exact) mass is 518 g/mol. The van der Waals surface area contributed by atoms with Crippen LogP contribution in [-0.4, -0.2) is 22.5 Å². The summed E-state index contributed by atoms with van der Waals surface area (Å²) in [4.78, 5) is 30.0. The van der Waals surface area contributed by atoms with Gasteiger partial charge in [-0.1, -0.05) is 61.3 Å². The van der Waals surface area contributed by atoms with Gasteiger partial charge in [0.2, 0.25) is 5.91 Å². The number of carbonyl (C=O) groups is 2. The largest absolute Gasteiger partial charge is 0.326 e. The fraction of sp³-hybridized carbons (Fsp3) is 0.143. The molecule has 1 heterocycles. The molecule has 4 rings (SSSR count). The van der Waals surface area contributed by atoms with E-state index in [0.717, 1.165) is 11.1 Å². The van der Waals surface area contributed by atoms with Crippen molar-refractivity contribution in [1.82, 2.24) is 10.4 Å². The number of hydrazone groups is 1. The number of hydrogen-bond donors (Lipinski definition) is 2. The van der Waals surface area contributed by atoms with Gasteiger partial charge in [-0.2, -0.15) is 5.10 Å². The van der Waals surface area contributed by atoms with Gasteiger partial charge in [0.15, 0.2) is 0 Å². The zero-order valence-corrected chi connectivity index (χ0v) is 21.5. The molecule has 2 N–H and O–H groups in total. The first kappa shape index (κ1) is 25.4. The molecule has 182 valence electrons. The number of aromatic nitrogens is 1. The van der Waals surface area contributed by atoms with E-state index in [2.05, 4.69) is 15.8 Å². The van der Waals surface area contributed by atoms with Crippen LogP contribution in [0.5, 0.6) is 0 Å². The smallest absolute Gasteiger partial charge is 0.272 e. The van der Waals surface area contributed by atoms with Crippen LogP contribution in [0.15, 0.2) is 77.9 Å². The summed E-state index contributed by atoms with van der Waals surface area (Å²) in [5, 5.41) is 8.90. The number of anilines is 1. The summed E-state index contributed by atoms with van der Waals surface area (Å²) in [5.74, 6) is -0.609. The summed E-state index contributed by atoms with van der Waals surface area (Å²) >= 11 is 12.2. The number of carbonyl (C=O) groups excluding carboxylic acids is 2. The van der Waals surface area contributed by atoms with Crippen LogP contribution in [0.2, 0.25) is 10.0 Å². The molecule has 36 heavy (non-hydrogen) atoms. The number of pyridine rings is 1. The average Bonchev–Trinajstić information content (AvgIpc) is 2.87. The second-order valence-electron chi connectivity index (χ2n) is 8.59. The fourth-order valence-corrected chi connectivity index (χ4v) is 3.82. The lowest BCUT2D eigenvalue weighted by Crippen LogP contribution is -2.20. The number of halogens is 2. The highest BCUT2D eigenvalue weighted by atomic mass is 35.5. The van der Waals surface area contributed by atoms with Gasteiger partial charge in [-0.05, 0) is 61.0 Å². The van der Waals surface area contributed by atoms with Crippen molar-refractivity contribution in [1.29, 1.82) is 0 Å². The van der Waals surface area contributed by atoms with Gasteiger partial charge in [-0.25, -0.2) is 10.4 Å². The first-order valence-electron chi connectivity index (χ1n) is 11.3. The number of nitrogens with one attached hydrogen (secondary N) is 2. The summed E-state index contributed by atoms with van der Waals surface area (Å²) in [7, 11) is 0. The lowest BCUT2D eigenvalue weighted by Gasteiger charge is -2.11. The number of nitrogens with zero attached hydrogens (tertiary/aromatic N) is 2. The lowest BCUT2D eigenvalue weighted by molar-refractivity contribution is -0.118. The van der Waals surface area contributed by atoms with Gasteiger partial charge in [0.05, 0.1) is 22.5 Å². The van der Waals surface area contributed by atoms with Crippen LogP contribution in [0.1, 0.15) is 36.7 Å². The summed E-state index contributed by atoms with van der Waals surface area (Å²) in [5.41, 5.74) is 7.12. The molecule has 2 amide bonds. The zero-order valence-electron chi connectivity index (χ0n) is 20.0. The van der Waals surface area contributed by atoms with E-state index in [4.69, 9.17) is 28.2 Å². The third kappa shape index (κ3) is 5.90. The maximum absolute atomic E-state index is 13.3.